The number of nitrogens with one attached hydrogen (secondary N) is 1. The summed E-state index contributed by atoms with van der Waals surface area (Å²) in [5.74, 6) is 0.0602. The maximum absolute atomic E-state index is 10.1. The fourth-order valence-electron chi connectivity index (χ4n) is 0.314. The average molecular weight is 96.0 g/mol. The van der Waals surface area contributed by atoms with Crippen LogP contribution < -0.4 is 4.30 Å². The van der Waals surface area contributed by atoms with Crippen LogP contribution >= 0.6 is 0 Å². The molecule has 0 bridgehead atoms. The lowest BCUT2D eigenvalue weighted by molar-refractivity contribution is -0.114. The molecule has 1 aliphatic heterocycles. The van der Waals surface area contributed by atoms with Crippen molar-refractivity contribution in [1.82, 2.24) is 4.30 Å². The molecule has 0 spiro atoms. The lowest BCUT2D eigenvalue weighted by Gasteiger charge is -1.80. The highest BCUT2D eigenvalue weighted by molar-refractivity contribution is 6.47. The second-order valence-corrected chi connectivity index (χ2v) is 2.04. The van der Waals surface area contributed by atoms with Gasteiger partial charge in [0.2, 0.25) is 5.91 Å². The molecule has 1 aliphatic rings. The smallest absolute Gasteiger partial charge is 0.408 e. The summed E-state index contributed by atoms with van der Waals surface area (Å²) in [6.45, 7) is 0. The molecule has 0 atom stereocenters. The second kappa shape index (κ2) is 1.46. The van der Waals surface area contributed by atoms with Gasteiger partial charge in [0, 0.05) is 0 Å². The SMILES string of the molecule is O=C1C=[CH][Al][NH]1. The number of hydrogen-bond donors (Lipinski definition) is 1. The zero-order valence-electron chi connectivity index (χ0n) is 3.14. The Morgan fingerprint density at radius 2 is 2.67 bits per heavy atom. The van der Waals surface area contributed by atoms with Gasteiger partial charge in [-0.25, -0.2) is 0 Å². The van der Waals surface area contributed by atoms with E-state index < -0.39 is 0 Å². The van der Waals surface area contributed by atoms with Gasteiger partial charge in [0.05, 0.1) is 0 Å². The van der Waals surface area contributed by atoms with Gasteiger partial charge in [-0.2, -0.15) is 0 Å². The third-order valence-electron chi connectivity index (χ3n) is 0.569. The molecule has 0 saturated carbocycles. The Morgan fingerprint density at radius 3 is 2.83 bits per heavy atom. The zero-order chi connectivity index (χ0) is 4.41. The zero-order valence-corrected chi connectivity index (χ0v) is 4.29. The van der Waals surface area contributed by atoms with Gasteiger partial charge in [-0.1, -0.05) is 0 Å². The summed E-state index contributed by atoms with van der Waals surface area (Å²) >= 11 is 0.112. The molecule has 1 heterocycles. The summed E-state index contributed by atoms with van der Waals surface area (Å²) in [6, 6.07) is 0. The van der Waals surface area contributed by atoms with Gasteiger partial charge in [-0.3, -0.25) is 4.79 Å². The molecule has 0 aromatic rings. The Hall–Kier alpha value is -0.258. The molecule has 0 aromatic carbocycles. The first-order valence-electron chi connectivity index (χ1n) is 1.70. The van der Waals surface area contributed by atoms with Crippen molar-refractivity contribution in [3.8, 4) is 0 Å². The molecular formula is C3H3AlNO. The third kappa shape index (κ3) is 0.619. The van der Waals surface area contributed by atoms with Crippen molar-refractivity contribution >= 4 is 21.3 Å². The van der Waals surface area contributed by atoms with Gasteiger partial charge in [0.1, 0.15) is 0 Å². The van der Waals surface area contributed by atoms with Crippen LogP contribution in [0.4, 0.5) is 0 Å². The number of carbonyl (C=O) groups excluding carboxylic acids is 1. The van der Waals surface area contributed by atoms with Crippen LogP contribution in [-0.2, 0) is 4.79 Å². The minimum Gasteiger partial charge on any atom is -0.446 e. The van der Waals surface area contributed by atoms with Crippen LogP contribution in [0.3, 0.4) is 0 Å². The number of rotatable bonds is 0. The first kappa shape index (κ1) is 3.92. The summed E-state index contributed by atoms with van der Waals surface area (Å²) in [6.07, 6.45) is 1.56. The molecule has 0 fully saturated rings. The van der Waals surface area contributed by atoms with Crippen LogP contribution in [0.2, 0.25) is 0 Å². The highest BCUT2D eigenvalue weighted by Gasteiger charge is 1.99. The quantitative estimate of drug-likeness (QED) is 0.395. The minimum absolute atomic E-state index is 0.0602. The molecule has 3 heteroatoms. The molecular weight excluding hydrogens is 93.0 g/mol. The van der Waals surface area contributed by atoms with Gasteiger partial charge in [0.15, 0.2) is 0 Å². The van der Waals surface area contributed by atoms with Crippen molar-refractivity contribution in [3.05, 3.63) is 11.0 Å². The molecule has 0 saturated heterocycles. The van der Waals surface area contributed by atoms with Crippen LogP contribution in [0, 0.1) is 0 Å². The molecule has 0 aliphatic carbocycles. The van der Waals surface area contributed by atoms with Gasteiger partial charge in [-0.15, -0.1) is 4.94 Å². The molecule has 1 radical (unpaired) electrons. The number of carbonyl (C=O) groups is 1. The van der Waals surface area contributed by atoms with E-state index in [1.807, 2.05) is 4.94 Å². The van der Waals surface area contributed by atoms with E-state index in [9.17, 15) is 4.79 Å². The van der Waals surface area contributed by atoms with Crippen molar-refractivity contribution in [1.29, 1.82) is 0 Å². The summed E-state index contributed by atoms with van der Waals surface area (Å²) in [4.78, 5) is 11.9. The normalized spacial score (nSPS) is 17.0. The standard InChI is InChI=1S/C3H4NO.Al/c1-2-3(4)5;/h1-2H,(H2,4,5);/q;+1/p-1. The van der Waals surface area contributed by atoms with E-state index in [1.165, 1.54) is 0 Å². The maximum atomic E-state index is 10.1. The van der Waals surface area contributed by atoms with Crippen LogP contribution in [0.25, 0.3) is 0 Å². The van der Waals surface area contributed by atoms with Crippen LogP contribution in [0.5, 0.6) is 0 Å². The minimum atomic E-state index is 0.0602. The van der Waals surface area contributed by atoms with E-state index in [0.717, 1.165) is 0 Å². The predicted molar refractivity (Wildman–Crippen MR) is 23.0 cm³/mol. The molecule has 29 valence electrons. The van der Waals surface area contributed by atoms with E-state index in [4.69, 9.17) is 0 Å². The monoisotopic (exact) mass is 96.0 g/mol. The first-order valence-corrected chi connectivity index (χ1v) is 2.94. The molecule has 1 N–H and O–H groups in total. The Kier molecular flexibility index (Phi) is 0.954. The van der Waals surface area contributed by atoms with Gasteiger partial charge in [-0.05, 0) is 6.08 Å². The Labute approximate surface area is 42.2 Å². The Morgan fingerprint density at radius 1 is 1.83 bits per heavy atom. The maximum Gasteiger partial charge on any atom is 0.408 e. The molecule has 2 nitrogen and oxygen atoms in total. The lowest BCUT2D eigenvalue weighted by atomic mass is 10.6. The average Bonchev–Trinajstić information content (AvgIpc) is 1.86. The highest BCUT2D eigenvalue weighted by atomic mass is 27.1. The van der Waals surface area contributed by atoms with Gasteiger partial charge >= 0.3 is 15.4 Å². The highest BCUT2D eigenvalue weighted by Crippen LogP contribution is 1.76. The fourth-order valence-corrected chi connectivity index (χ4v) is 0.942. The van der Waals surface area contributed by atoms with Crippen LogP contribution in [-0.4, -0.2) is 21.3 Å². The molecule has 1 rings (SSSR count). The summed E-state index contributed by atoms with van der Waals surface area (Å²) in [5, 5.41) is 0. The van der Waals surface area contributed by atoms with Crippen molar-refractivity contribution in [2.45, 2.75) is 0 Å². The summed E-state index contributed by atoms with van der Waals surface area (Å²) in [5.41, 5.74) is 0. The van der Waals surface area contributed by atoms with Crippen molar-refractivity contribution < 1.29 is 4.79 Å². The van der Waals surface area contributed by atoms with Crippen molar-refractivity contribution in [3.63, 3.8) is 0 Å². The molecule has 1 amide bonds. The van der Waals surface area contributed by atoms with Crippen LogP contribution in [0.15, 0.2) is 11.0 Å². The molecule has 6 heavy (non-hydrogen) atoms. The Bertz CT molecular complexity index is 99.0. The van der Waals surface area contributed by atoms with Crippen molar-refractivity contribution in [2.75, 3.05) is 0 Å². The fraction of sp³-hybridized carbons (Fsp3) is 0. The molecule has 0 unspecified atom stereocenters. The lowest BCUT2D eigenvalue weighted by Crippen LogP contribution is -2.16. The van der Waals surface area contributed by atoms with Crippen LogP contribution in [0.1, 0.15) is 0 Å². The number of hydrogen-bond acceptors (Lipinski definition) is 1. The van der Waals surface area contributed by atoms with E-state index in [2.05, 4.69) is 4.30 Å². The number of amides is 1. The summed E-state index contributed by atoms with van der Waals surface area (Å²) < 4.78 is 2.65. The Balaban J connectivity index is 2.59. The largest absolute Gasteiger partial charge is 0.446 e. The van der Waals surface area contributed by atoms with E-state index in [1.54, 1.807) is 6.08 Å². The predicted octanol–water partition coefficient (Wildman–Crippen LogP) is -0.751. The van der Waals surface area contributed by atoms with E-state index in [-0.39, 0.29) is 21.3 Å². The third-order valence-corrected chi connectivity index (χ3v) is 1.41. The van der Waals surface area contributed by atoms with E-state index >= 15 is 0 Å². The van der Waals surface area contributed by atoms with Crippen molar-refractivity contribution in [2.24, 2.45) is 0 Å². The van der Waals surface area contributed by atoms with Gasteiger partial charge < -0.3 is 4.30 Å². The van der Waals surface area contributed by atoms with E-state index in [0.29, 0.717) is 0 Å². The summed E-state index contributed by atoms with van der Waals surface area (Å²) in [7, 11) is 0. The van der Waals surface area contributed by atoms with Gasteiger partial charge in [0.25, 0.3) is 0 Å². The molecule has 0 aromatic heterocycles. The topological polar surface area (TPSA) is 29.1 Å². The first-order chi connectivity index (χ1) is 2.89. The second-order valence-electron chi connectivity index (χ2n) is 1.03.